The van der Waals surface area contributed by atoms with Crippen LogP contribution in [0.2, 0.25) is 0 Å². The summed E-state index contributed by atoms with van der Waals surface area (Å²) in [6.45, 7) is 2.14. The molecule has 0 spiro atoms. The third kappa shape index (κ3) is 3.74. The molecule has 2 aromatic rings. The summed E-state index contributed by atoms with van der Waals surface area (Å²) >= 11 is 0. The van der Waals surface area contributed by atoms with Crippen LogP contribution in [0, 0.1) is 0 Å². The molecule has 1 amide bonds. The molecule has 0 aliphatic rings. The third-order valence-corrected chi connectivity index (χ3v) is 3.98. The van der Waals surface area contributed by atoms with Gasteiger partial charge in [0.1, 0.15) is 0 Å². The van der Waals surface area contributed by atoms with Crippen LogP contribution in [-0.4, -0.2) is 29.6 Å². The number of carbonyl (C=O) groups is 1. The quantitative estimate of drug-likeness (QED) is 0.887. The maximum atomic E-state index is 12.7. The Morgan fingerprint density at radius 2 is 1.73 bits per heavy atom. The van der Waals surface area contributed by atoms with Crippen molar-refractivity contribution in [1.29, 1.82) is 0 Å². The van der Waals surface area contributed by atoms with Crippen molar-refractivity contribution in [3.05, 3.63) is 71.3 Å². The highest BCUT2D eigenvalue weighted by Gasteiger charge is 2.22. The molecule has 0 aliphatic carbocycles. The van der Waals surface area contributed by atoms with Gasteiger partial charge in [0.2, 0.25) is 0 Å². The molecule has 0 radical (unpaired) electrons. The third-order valence-electron chi connectivity index (χ3n) is 3.98. The van der Waals surface area contributed by atoms with Crippen molar-refractivity contribution in [3.63, 3.8) is 0 Å². The molecule has 2 rings (SSSR count). The molecule has 0 saturated carbocycles. The lowest BCUT2D eigenvalue weighted by Crippen LogP contribution is -2.31. The van der Waals surface area contributed by atoms with Crippen molar-refractivity contribution >= 4 is 5.91 Å². The number of carbonyl (C=O) groups excluding carboxylic acids is 1. The van der Waals surface area contributed by atoms with Gasteiger partial charge in [-0.15, -0.1) is 0 Å². The van der Waals surface area contributed by atoms with E-state index in [-0.39, 0.29) is 18.6 Å². The zero-order chi connectivity index (χ0) is 15.9. The normalized spacial score (nSPS) is 12.0. The van der Waals surface area contributed by atoms with E-state index in [9.17, 15) is 9.90 Å². The average Bonchev–Trinajstić information content (AvgIpc) is 2.59. The maximum absolute atomic E-state index is 12.7. The zero-order valence-electron chi connectivity index (χ0n) is 13.2. The fourth-order valence-corrected chi connectivity index (χ4v) is 2.61. The smallest absolute Gasteiger partial charge is 0.254 e. The van der Waals surface area contributed by atoms with Gasteiger partial charge in [0.15, 0.2) is 0 Å². The van der Waals surface area contributed by atoms with Crippen molar-refractivity contribution in [3.8, 4) is 0 Å². The minimum Gasteiger partial charge on any atom is -0.396 e. The Bertz CT molecular complexity index is 593. The molecule has 0 aromatic heterocycles. The van der Waals surface area contributed by atoms with Gasteiger partial charge in [-0.05, 0) is 36.1 Å². The number of amides is 1. The minimum absolute atomic E-state index is 0.0232. The number of aliphatic hydroxyl groups excluding tert-OH is 1. The van der Waals surface area contributed by atoms with Crippen LogP contribution in [0.3, 0.4) is 0 Å². The van der Waals surface area contributed by atoms with E-state index in [1.165, 1.54) is 5.56 Å². The summed E-state index contributed by atoms with van der Waals surface area (Å²) in [4.78, 5) is 14.4. The first-order valence-electron chi connectivity index (χ1n) is 7.69. The molecular formula is C19H23NO2. The van der Waals surface area contributed by atoms with Crippen LogP contribution in [0.25, 0.3) is 0 Å². The van der Waals surface area contributed by atoms with Gasteiger partial charge < -0.3 is 10.0 Å². The molecule has 0 heterocycles. The Balaban J connectivity index is 2.22. The van der Waals surface area contributed by atoms with E-state index < -0.39 is 0 Å². The monoisotopic (exact) mass is 297 g/mol. The fourth-order valence-electron chi connectivity index (χ4n) is 2.61. The molecule has 0 fully saturated rings. The van der Waals surface area contributed by atoms with E-state index >= 15 is 0 Å². The summed E-state index contributed by atoms with van der Waals surface area (Å²) in [6, 6.07) is 17.4. The van der Waals surface area contributed by atoms with Gasteiger partial charge in [-0.25, -0.2) is 0 Å². The zero-order valence-corrected chi connectivity index (χ0v) is 13.2. The summed E-state index contributed by atoms with van der Waals surface area (Å²) in [5.41, 5.74) is 2.94. The molecule has 1 unspecified atom stereocenters. The molecule has 116 valence electrons. The van der Waals surface area contributed by atoms with E-state index in [4.69, 9.17) is 0 Å². The van der Waals surface area contributed by atoms with E-state index in [1.807, 2.05) is 54.6 Å². The van der Waals surface area contributed by atoms with Gasteiger partial charge in [-0.2, -0.15) is 0 Å². The van der Waals surface area contributed by atoms with Crippen LogP contribution in [-0.2, 0) is 6.42 Å². The van der Waals surface area contributed by atoms with Crippen molar-refractivity contribution in [2.45, 2.75) is 25.8 Å². The molecule has 0 saturated heterocycles. The van der Waals surface area contributed by atoms with Gasteiger partial charge >= 0.3 is 0 Å². The average molecular weight is 297 g/mol. The molecule has 0 aliphatic heterocycles. The van der Waals surface area contributed by atoms with Gasteiger partial charge in [-0.1, -0.05) is 49.4 Å². The summed E-state index contributed by atoms with van der Waals surface area (Å²) in [5.74, 6) is -0.0232. The van der Waals surface area contributed by atoms with Gasteiger partial charge in [-0.3, -0.25) is 4.79 Å². The number of rotatable bonds is 6. The first-order valence-corrected chi connectivity index (χ1v) is 7.69. The number of nitrogens with zero attached hydrogens (tertiary/aromatic N) is 1. The van der Waals surface area contributed by atoms with Crippen LogP contribution in [0.4, 0.5) is 0 Å². The molecule has 1 atom stereocenters. The van der Waals surface area contributed by atoms with Gasteiger partial charge in [0.05, 0.1) is 6.04 Å². The van der Waals surface area contributed by atoms with Crippen LogP contribution in [0.1, 0.15) is 40.9 Å². The Morgan fingerprint density at radius 3 is 2.27 bits per heavy atom. The minimum atomic E-state index is -0.121. The summed E-state index contributed by atoms with van der Waals surface area (Å²) in [6.07, 6.45) is 1.49. The number of benzene rings is 2. The molecule has 2 aromatic carbocycles. The maximum Gasteiger partial charge on any atom is 0.254 e. The predicted molar refractivity (Wildman–Crippen MR) is 88.8 cm³/mol. The molecular weight excluding hydrogens is 274 g/mol. The second-order valence-electron chi connectivity index (χ2n) is 5.41. The molecule has 3 heteroatoms. The predicted octanol–water partition coefficient (Wildman–Crippen LogP) is 3.44. The highest BCUT2D eigenvalue weighted by molar-refractivity contribution is 5.94. The lowest BCUT2D eigenvalue weighted by molar-refractivity contribution is 0.0705. The van der Waals surface area contributed by atoms with Crippen molar-refractivity contribution in [2.24, 2.45) is 0 Å². The summed E-state index contributed by atoms with van der Waals surface area (Å²) in [7, 11) is 1.80. The van der Waals surface area contributed by atoms with Crippen molar-refractivity contribution in [1.82, 2.24) is 4.90 Å². The van der Waals surface area contributed by atoms with E-state index in [2.05, 4.69) is 6.92 Å². The van der Waals surface area contributed by atoms with Gasteiger partial charge in [0, 0.05) is 19.2 Å². The lowest BCUT2D eigenvalue weighted by atomic mass is 10.0. The van der Waals surface area contributed by atoms with E-state index in [0.717, 1.165) is 12.0 Å². The highest BCUT2D eigenvalue weighted by atomic mass is 16.3. The van der Waals surface area contributed by atoms with Crippen LogP contribution in [0.15, 0.2) is 54.6 Å². The number of hydrogen-bond donors (Lipinski definition) is 1. The van der Waals surface area contributed by atoms with Crippen LogP contribution >= 0.6 is 0 Å². The number of aliphatic hydroxyl groups is 1. The largest absolute Gasteiger partial charge is 0.396 e. The van der Waals surface area contributed by atoms with Crippen LogP contribution in [0.5, 0.6) is 0 Å². The number of hydrogen-bond acceptors (Lipinski definition) is 2. The van der Waals surface area contributed by atoms with Gasteiger partial charge in [0.25, 0.3) is 5.91 Å². The Hall–Kier alpha value is -2.13. The second-order valence-corrected chi connectivity index (χ2v) is 5.41. The Kier molecular flexibility index (Phi) is 5.73. The van der Waals surface area contributed by atoms with Crippen LogP contribution < -0.4 is 0 Å². The topological polar surface area (TPSA) is 40.5 Å². The molecule has 3 nitrogen and oxygen atoms in total. The Labute approximate surface area is 132 Å². The molecule has 0 bridgehead atoms. The Morgan fingerprint density at radius 1 is 1.09 bits per heavy atom. The summed E-state index contributed by atoms with van der Waals surface area (Å²) in [5, 5.41) is 9.33. The standard InChI is InChI=1S/C19H23NO2/c1-3-15-9-11-17(12-10-15)19(22)20(2)18(13-14-21)16-7-5-4-6-8-16/h4-12,18,21H,3,13-14H2,1-2H3. The number of aryl methyl sites for hydroxylation is 1. The summed E-state index contributed by atoms with van der Waals surface area (Å²) < 4.78 is 0. The molecule has 1 N–H and O–H groups in total. The molecule has 22 heavy (non-hydrogen) atoms. The fraction of sp³-hybridized carbons (Fsp3) is 0.316. The van der Waals surface area contributed by atoms with Crippen molar-refractivity contribution < 1.29 is 9.90 Å². The van der Waals surface area contributed by atoms with E-state index in [0.29, 0.717) is 12.0 Å². The first kappa shape index (κ1) is 16.2. The lowest BCUT2D eigenvalue weighted by Gasteiger charge is -2.28. The van der Waals surface area contributed by atoms with E-state index in [1.54, 1.807) is 11.9 Å². The van der Waals surface area contributed by atoms with Crippen molar-refractivity contribution in [2.75, 3.05) is 13.7 Å². The SMILES string of the molecule is CCc1ccc(C(=O)N(C)C(CCO)c2ccccc2)cc1. The highest BCUT2D eigenvalue weighted by Crippen LogP contribution is 2.24. The second kappa shape index (κ2) is 7.76. The first-order chi connectivity index (χ1) is 10.7.